The van der Waals surface area contributed by atoms with Gasteiger partial charge in [-0.15, -0.1) is 0 Å². The molecule has 0 aliphatic carbocycles. The van der Waals surface area contributed by atoms with Gasteiger partial charge < -0.3 is 10.1 Å². The standard InChI is InChI=1S/C14H18BrN3O/c1-9-12(10(2)18(3)17-9)8-16-11-5-6-14(19-4)13(15)7-11/h5-7,16H,8H2,1-4H3. The second-order valence-corrected chi connectivity index (χ2v) is 5.33. The Labute approximate surface area is 121 Å². The summed E-state index contributed by atoms with van der Waals surface area (Å²) < 4.78 is 8.07. The van der Waals surface area contributed by atoms with E-state index in [1.54, 1.807) is 7.11 Å². The number of anilines is 1. The van der Waals surface area contributed by atoms with Crippen LogP contribution in [-0.2, 0) is 13.6 Å². The molecule has 0 radical (unpaired) electrons. The molecular weight excluding hydrogens is 306 g/mol. The van der Waals surface area contributed by atoms with E-state index in [4.69, 9.17) is 4.74 Å². The van der Waals surface area contributed by atoms with Crippen LogP contribution in [0.2, 0.25) is 0 Å². The SMILES string of the molecule is COc1ccc(NCc2c(C)nn(C)c2C)cc1Br. The summed E-state index contributed by atoms with van der Waals surface area (Å²) in [5, 5.41) is 7.82. The quantitative estimate of drug-likeness (QED) is 0.937. The van der Waals surface area contributed by atoms with E-state index in [1.807, 2.05) is 36.9 Å². The van der Waals surface area contributed by atoms with E-state index in [9.17, 15) is 0 Å². The number of aryl methyl sites for hydroxylation is 2. The highest BCUT2D eigenvalue weighted by atomic mass is 79.9. The van der Waals surface area contributed by atoms with Gasteiger partial charge in [0.1, 0.15) is 5.75 Å². The fraction of sp³-hybridized carbons (Fsp3) is 0.357. The Balaban J connectivity index is 2.12. The third-order valence-corrected chi connectivity index (χ3v) is 3.90. The summed E-state index contributed by atoms with van der Waals surface area (Å²) in [7, 11) is 3.63. The number of halogens is 1. The van der Waals surface area contributed by atoms with Crippen LogP contribution in [0.3, 0.4) is 0 Å². The van der Waals surface area contributed by atoms with Gasteiger partial charge in [0.15, 0.2) is 0 Å². The molecule has 0 aliphatic rings. The van der Waals surface area contributed by atoms with Gasteiger partial charge in [0, 0.05) is 30.5 Å². The third kappa shape index (κ3) is 2.92. The molecular formula is C14H18BrN3O. The molecule has 1 heterocycles. The molecule has 2 aromatic rings. The highest BCUT2D eigenvalue weighted by molar-refractivity contribution is 9.10. The average Bonchev–Trinajstić information content (AvgIpc) is 2.61. The van der Waals surface area contributed by atoms with Crippen molar-refractivity contribution in [3.8, 4) is 5.75 Å². The molecule has 0 saturated carbocycles. The van der Waals surface area contributed by atoms with Crippen LogP contribution in [-0.4, -0.2) is 16.9 Å². The molecule has 0 bridgehead atoms. The summed E-state index contributed by atoms with van der Waals surface area (Å²) in [6.07, 6.45) is 0. The number of rotatable bonds is 4. The Morgan fingerprint density at radius 3 is 2.63 bits per heavy atom. The van der Waals surface area contributed by atoms with Crippen LogP contribution in [0.25, 0.3) is 0 Å². The molecule has 0 saturated heterocycles. The van der Waals surface area contributed by atoms with Crippen LogP contribution in [0.15, 0.2) is 22.7 Å². The number of hydrogen-bond acceptors (Lipinski definition) is 3. The zero-order valence-electron chi connectivity index (χ0n) is 11.6. The zero-order valence-corrected chi connectivity index (χ0v) is 13.2. The van der Waals surface area contributed by atoms with Gasteiger partial charge in [-0.05, 0) is 48.0 Å². The molecule has 0 fully saturated rings. The first-order chi connectivity index (χ1) is 9.02. The van der Waals surface area contributed by atoms with E-state index in [0.717, 1.165) is 28.1 Å². The van der Waals surface area contributed by atoms with Gasteiger partial charge in [0.2, 0.25) is 0 Å². The minimum Gasteiger partial charge on any atom is -0.496 e. The lowest BCUT2D eigenvalue weighted by molar-refractivity contribution is 0.412. The Morgan fingerprint density at radius 1 is 1.37 bits per heavy atom. The summed E-state index contributed by atoms with van der Waals surface area (Å²) in [5.41, 5.74) is 4.56. The van der Waals surface area contributed by atoms with Crippen molar-refractivity contribution in [2.24, 2.45) is 7.05 Å². The average molecular weight is 324 g/mol. The van der Waals surface area contributed by atoms with Crippen LogP contribution < -0.4 is 10.1 Å². The van der Waals surface area contributed by atoms with E-state index in [2.05, 4.69) is 33.3 Å². The van der Waals surface area contributed by atoms with E-state index in [0.29, 0.717) is 0 Å². The Bertz CT molecular complexity index is 593. The van der Waals surface area contributed by atoms with Crippen molar-refractivity contribution in [3.63, 3.8) is 0 Å². The molecule has 0 spiro atoms. The van der Waals surface area contributed by atoms with Crippen LogP contribution in [0.1, 0.15) is 17.0 Å². The predicted octanol–water partition coefficient (Wildman–Crippen LogP) is 3.42. The predicted molar refractivity (Wildman–Crippen MR) is 80.7 cm³/mol. The molecule has 0 unspecified atom stereocenters. The first-order valence-corrected chi connectivity index (χ1v) is 6.88. The molecule has 0 aliphatic heterocycles. The highest BCUT2D eigenvalue weighted by Crippen LogP contribution is 2.28. The second-order valence-electron chi connectivity index (χ2n) is 4.48. The Hall–Kier alpha value is -1.49. The van der Waals surface area contributed by atoms with Crippen molar-refractivity contribution in [1.29, 1.82) is 0 Å². The maximum atomic E-state index is 5.22. The first kappa shape index (κ1) is 13.9. The van der Waals surface area contributed by atoms with Crippen LogP contribution >= 0.6 is 15.9 Å². The van der Waals surface area contributed by atoms with Crippen molar-refractivity contribution < 1.29 is 4.74 Å². The van der Waals surface area contributed by atoms with Crippen molar-refractivity contribution in [1.82, 2.24) is 9.78 Å². The number of nitrogens with zero attached hydrogens (tertiary/aromatic N) is 2. The number of ether oxygens (including phenoxy) is 1. The lowest BCUT2D eigenvalue weighted by Gasteiger charge is -2.09. The van der Waals surface area contributed by atoms with Gasteiger partial charge in [-0.3, -0.25) is 4.68 Å². The first-order valence-electron chi connectivity index (χ1n) is 6.09. The minimum atomic E-state index is 0.768. The molecule has 2 rings (SSSR count). The highest BCUT2D eigenvalue weighted by Gasteiger charge is 2.09. The van der Waals surface area contributed by atoms with Gasteiger partial charge in [0.25, 0.3) is 0 Å². The monoisotopic (exact) mass is 323 g/mol. The zero-order chi connectivity index (χ0) is 14.0. The van der Waals surface area contributed by atoms with Gasteiger partial charge in [-0.25, -0.2) is 0 Å². The molecule has 1 N–H and O–H groups in total. The van der Waals surface area contributed by atoms with E-state index >= 15 is 0 Å². The smallest absolute Gasteiger partial charge is 0.133 e. The van der Waals surface area contributed by atoms with E-state index in [-0.39, 0.29) is 0 Å². The van der Waals surface area contributed by atoms with Gasteiger partial charge >= 0.3 is 0 Å². The summed E-state index contributed by atoms with van der Waals surface area (Å²) in [5.74, 6) is 0.833. The molecule has 19 heavy (non-hydrogen) atoms. The fourth-order valence-corrected chi connectivity index (χ4v) is 2.58. The number of nitrogens with one attached hydrogen (secondary N) is 1. The third-order valence-electron chi connectivity index (χ3n) is 3.28. The molecule has 1 aromatic heterocycles. The number of benzene rings is 1. The molecule has 0 atom stereocenters. The van der Waals surface area contributed by atoms with Crippen molar-refractivity contribution in [2.45, 2.75) is 20.4 Å². The molecule has 5 heteroatoms. The van der Waals surface area contributed by atoms with Gasteiger partial charge in [0.05, 0.1) is 17.3 Å². The maximum Gasteiger partial charge on any atom is 0.133 e. The van der Waals surface area contributed by atoms with Crippen LogP contribution in [0.4, 0.5) is 5.69 Å². The second kappa shape index (κ2) is 5.65. The number of hydrogen-bond donors (Lipinski definition) is 1. The largest absolute Gasteiger partial charge is 0.496 e. The Morgan fingerprint density at radius 2 is 2.11 bits per heavy atom. The molecule has 0 amide bonds. The Kier molecular flexibility index (Phi) is 4.14. The normalized spacial score (nSPS) is 10.6. The lowest BCUT2D eigenvalue weighted by atomic mass is 10.2. The molecule has 1 aromatic carbocycles. The minimum absolute atomic E-state index is 0.768. The summed E-state index contributed by atoms with van der Waals surface area (Å²) in [4.78, 5) is 0. The molecule has 4 nitrogen and oxygen atoms in total. The summed E-state index contributed by atoms with van der Waals surface area (Å²) >= 11 is 3.49. The number of aromatic nitrogens is 2. The summed E-state index contributed by atoms with van der Waals surface area (Å²) in [6.45, 7) is 4.89. The fourth-order valence-electron chi connectivity index (χ4n) is 2.04. The van der Waals surface area contributed by atoms with Crippen LogP contribution in [0.5, 0.6) is 5.75 Å². The van der Waals surface area contributed by atoms with E-state index in [1.165, 1.54) is 11.3 Å². The number of methoxy groups -OCH3 is 1. The van der Waals surface area contributed by atoms with Crippen molar-refractivity contribution in [2.75, 3.05) is 12.4 Å². The lowest BCUT2D eigenvalue weighted by Crippen LogP contribution is -2.02. The molecule has 102 valence electrons. The van der Waals surface area contributed by atoms with Crippen molar-refractivity contribution >= 4 is 21.6 Å². The maximum absolute atomic E-state index is 5.22. The van der Waals surface area contributed by atoms with Crippen molar-refractivity contribution in [3.05, 3.63) is 39.6 Å². The van der Waals surface area contributed by atoms with Gasteiger partial charge in [-0.1, -0.05) is 0 Å². The summed E-state index contributed by atoms with van der Waals surface area (Å²) in [6, 6.07) is 5.96. The van der Waals surface area contributed by atoms with E-state index < -0.39 is 0 Å². The van der Waals surface area contributed by atoms with Crippen LogP contribution in [0, 0.1) is 13.8 Å². The van der Waals surface area contributed by atoms with Gasteiger partial charge in [-0.2, -0.15) is 5.10 Å². The topological polar surface area (TPSA) is 39.1 Å².